The Morgan fingerprint density at radius 1 is 0.933 bits per heavy atom. The van der Waals surface area contributed by atoms with Crippen molar-refractivity contribution in [3.05, 3.63) is 87.5 Å². The molecule has 0 bridgehead atoms. The Kier molecular flexibility index (Phi) is 7.46. The van der Waals surface area contributed by atoms with Gasteiger partial charge in [-0.1, -0.05) is 44.2 Å². The van der Waals surface area contributed by atoms with Crippen LogP contribution in [0.2, 0.25) is 0 Å². The minimum absolute atomic E-state index is 0.258. The fraction of sp³-hybridized carbons (Fsp3) is 0.167. The Bertz CT molecular complexity index is 1040. The van der Waals surface area contributed by atoms with Crippen molar-refractivity contribution in [2.24, 2.45) is 0 Å². The average Bonchev–Trinajstić information content (AvgIpc) is 2.74. The van der Waals surface area contributed by atoms with E-state index in [4.69, 9.17) is 4.74 Å². The van der Waals surface area contributed by atoms with Crippen molar-refractivity contribution >= 4 is 51.5 Å². The second-order valence-electron chi connectivity index (χ2n) is 7.05. The van der Waals surface area contributed by atoms with Crippen LogP contribution >= 0.6 is 22.6 Å². The lowest BCUT2D eigenvalue weighted by atomic mass is 10.0. The Balaban J connectivity index is 1.64. The number of carbonyl (C=O) groups is 2. The number of hydrogen-bond acceptors (Lipinski definition) is 4. The summed E-state index contributed by atoms with van der Waals surface area (Å²) in [6.45, 7) is 3.78. The SMILES string of the molecule is CC(C)c1cc(I)ccc1NC(=O)COC(=O)c1ccccc1Nc1ccccc1. The van der Waals surface area contributed by atoms with Crippen molar-refractivity contribution in [3.63, 3.8) is 0 Å². The van der Waals surface area contributed by atoms with Crippen LogP contribution in [0.5, 0.6) is 0 Å². The van der Waals surface area contributed by atoms with Crippen molar-refractivity contribution in [1.29, 1.82) is 0 Å². The quantitative estimate of drug-likeness (QED) is 0.302. The molecule has 30 heavy (non-hydrogen) atoms. The third kappa shape index (κ3) is 5.82. The Labute approximate surface area is 190 Å². The monoisotopic (exact) mass is 514 g/mol. The highest BCUT2D eigenvalue weighted by Gasteiger charge is 2.16. The molecule has 0 saturated carbocycles. The van der Waals surface area contributed by atoms with E-state index in [0.29, 0.717) is 11.3 Å². The molecule has 0 aliphatic heterocycles. The first-order valence-corrected chi connectivity index (χ1v) is 10.7. The van der Waals surface area contributed by atoms with Crippen molar-refractivity contribution < 1.29 is 14.3 Å². The van der Waals surface area contributed by atoms with Crippen LogP contribution in [-0.2, 0) is 9.53 Å². The molecule has 3 aromatic rings. The lowest BCUT2D eigenvalue weighted by Crippen LogP contribution is -2.22. The van der Waals surface area contributed by atoms with Gasteiger partial charge in [0.05, 0.1) is 11.3 Å². The average molecular weight is 514 g/mol. The molecule has 3 rings (SSSR count). The van der Waals surface area contributed by atoms with Crippen LogP contribution in [0.15, 0.2) is 72.8 Å². The Morgan fingerprint density at radius 2 is 1.63 bits per heavy atom. The number of halogens is 1. The highest BCUT2D eigenvalue weighted by molar-refractivity contribution is 14.1. The largest absolute Gasteiger partial charge is 0.452 e. The fourth-order valence-electron chi connectivity index (χ4n) is 2.97. The molecule has 2 N–H and O–H groups in total. The summed E-state index contributed by atoms with van der Waals surface area (Å²) in [5, 5.41) is 6.05. The standard InChI is InChI=1S/C24H23IN2O3/c1-16(2)20-14-17(25)12-13-22(20)27-23(28)15-30-24(29)19-10-6-7-11-21(19)26-18-8-4-3-5-9-18/h3-14,16,26H,15H2,1-2H3,(H,27,28). The molecule has 3 aromatic carbocycles. The first-order valence-electron chi connectivity index (χ1n) is 9.61. The van der Waals surface area contributed by atoms with Gasteiger partial charge < -0.3 is 15.4 Å². The molecular formula is C24H23IN2O3. The summed E-state index contributed by atoms with van der Waals surface area (Å²) in [4.78, 5) is 25.0. The summed E-state index contributed by atoms with van der Waals surface area (Å²) in [7, 11) is 0. The van der Waals surface area contributed by atoms with E-state index in [1.165, 1.54) is 0 Å². The lowest BCUT2D eigenvalue weighted by Gasteiger charge is -2.15. The first kappa shape index (κ1) is 21.8. The molecule has 0 saturated heterocycles. The van der Waals surface area contributed by atoms with E-state index in [-0.39, 0.29) is 18.4 Å². The summed E-state index contributed by atoms with van der Waals surface area (Å²) in [6, 6.07) is 22.4. The third-order valence-electron chi connectivity index (χ3n) is 4.44. The van der Waals surface area contributed by atoms with Crippen LogP contribution < -0.4 is 10.6 Å². The molecule has 0 radical (unpaired) electrons. The number of carbonyl (C=O) groups excluding carboxylic acids is 2. The summed E-state index contributed by atoms with van der Waals surface area (Å²) < 4.78 is 6.37. The Hall–Kier alpha value is -2.87. The maximum absolute atomic E-state index is 12.6. The van der Waals surface area contributed by atoms with E-state index >= 15 is 0 Å². The molecule has 6 heteroatoms. The number of rotatable bonds is 7. The van der Waals surface area contributed by atoms with Crippen molar-refractivity contribution in [2.45, 2.75) is 19.8 Å². The maximum Gasteiger partial charge on any atom is 0.340 e. The molecule has 0 fully saturated rings. The normalized spacial score (nSPS) is 10.5. The predicted octanol–water partition coefficient (Wildman–Crippen LogP) is 5.95. The molecule has 0 aliphatic rings. The van der Waals surface area contributed by atoms with E-state index in [1.807, 2.05) is 54.6 Å². The zero-order chi connectivity index (χ0) is 21.5. The summed E-state index contributed by atoms with van der Waals surface area (Å²) in [6.07, 6.45) is 0. The highest BCUT2D eigenvalue weighted by atomic mass is 127. The van der Waals surface area contributed by atoms with Crippen LogP contribution in [0.3, 0.4) is 0 Å². The first-order chi connectivity index (χ1) is 14.4. The van der Waals surface area contributed by atoms with E-state index < -0.39 is 5.97 Å². The van der Waals surface area contributed by atoms with Crippen molar-refractivity contribution in [2.75, 3.05) is 17.2 Å². The lowest BCUT2D eigenvalue weighted by molar-refractivity contribution is -0.119. The molecule has 0 unspecified atom stereocenters. The van der Waals surface area contributed by atoms with Crippen LogP contribution in [-0.4, -0.2) is 18.5 Å². The number of anilines is 3. The number of nitrogens with one attached hydrogen (secondary N) is 2. The van der Waals surface area contributed by atoms with Gasteiger partial charge in [0.25, 0.3) is 5.91 Å². The molecule has 154 valence electrons. The predicted molar refractivity (Wildman–Crippen MR) is 128 cm³/mol. The van der Waals surface area contributed by atoms with Gasteiger partial charge in [-0.2, -0.15) is 0 Å². The van der Waals surface area contributed by atoms with Crippen LogP contribution in [0, 0.1) is 3.57 Å². The smallest absolute Gasteiger partial charge is 0.340 e. The highest BCUT2D eigenvalue weighted by Crippen LogP contribution is 2.26. The zero-order valence-electron chi connectivity index (χ0n) is 16.8. The molecule has 0 aromatic heterocycles. The molecule has 0 spiro atoms. The number of para-hydroxylation sites is 2. The number of ether oxygens (including phenoxy) is 1. The van der Waals surface area contributed by atoms with Crippen LogP contribution in [0.1, 0.15) is 35.7 Å². The van der Waals surface area contributed by atoms with E-state index in [1.54, 1.807) is 18.2 Å². The molecule has 5 nitrogen and oxygen atoms in total. The van der Waals surface area contributed by atoms with E-state index in [0.717, 1.165) is 20.5 Å². The van der Waals surface area contributed by atoms with Gasteiger partial charge in [0, 0.05) is 14.9 Å². The van der Waals surface area contributed by atoms with Gasteiger partial charge in [0.2, 0.25) is 0 Å². The number of esters is 1. The fourth-order valence-corrected chi connectivity index (χ4v) is 3.48. The number of benzene rings is 3. The summed E-state index contributed by atoms with van der Waals surface area (Å²) in [5.74, 6) is -0.677. The van der Waals surface area contributed by atoms with Gasteiger partial charge in [-0.3, -0.25) is 4.79 Å². The van der Waals surface area contributed by atoms with Gasteiger partial charge in [-0.05, 0) is 76.5 Å². The molecule has 0 aliphatic carbocycles. The summed E-state index contributed by atoms with van der Waals surface area (Å²) >= 11 is 2.24. The number of hydrogen-bond donors (Lipinski definition) is 2. The minimum atomic E-state index is -0.559. The van der Waals surface area contributed by atoms with Gasteiger partial charge >= 0.3 is 5.97 Å². The van der Waals surface area contributed by atoms with Gasteiger partial charge in [0.1, 0.15) is 0 Å². The van der Waals surface area contributed by atoms with Crippen LogP contribution in [0.4, 0.5) is 17.1 Å². The second kappa shape index (κ2) is 10.2. The Morgan fingerprint density at radius 3 is 2.37 bits per heavy atom. The molecule has 0 atom stereocenters. The van der Waals surface area contributed by atoms with E-state index in [9.17, 15) is 9.59 Å². The van der Waals surface area contributed by atoms with Gasteiger partial charge in [-0.15, -0.1) is 0 Å². The van der Waals surface area contributed by atoms with Crippen molar-refractivity contribution in [3.8, 4) is 0 Å². The van der Waals surface area contributed by atoms with Crippen LogP contribution in [0.25, 0.3) is 0 Å². The minimum Gasteiger partial charge on any atom is -0.452 e. The topological polar surface area (TPSA) is 67.4 Å². The van der Waals surface area contributed by atoms with Crippen molar-refractivity contribution in [1.82, 2.24) is 0 Å². The van der Waals surface area contributed by atoms with Gasteiger partial charge in [0.15, 0.2) is 6.61 Å². The van der Waals surface area contributed by atoms with E-state index in [2.05, 4.69) is 47.1 Å². The molecular weight excluding hydrogens is 491 g/mol. The molecule has 1 amide bonds. The maximum atomic E-state index is 12.6. The zero-order valence-corrected chi connectivity index (χ0v) is 19.0. The molecule has 0 heterocycles. The second-order valence-corrected chi connectivity index (χ2v) is 8.29. The number of amides is 1. The van der Waals surface area contributed by atoms with Gasteiger partial charge in [-0.25, -0.2) is 4.79 Å². The summed E-state index contributed by atoms with van der Waals surface area (Å²) in [5.41, 5.74) is 3.62. The third-order valence-corrected chi connectivity index (χ3v) is 5.11.